The van der Waals surface area contributed by atoms with E-state index >= 15 is 0 Å². The van der Waals surface area contributed by atoms with Crippen LogP contribution in [0.2, 0.25) is 0 Å². The molecule has 2 rings (SSSR count). The van der Waals surface area contributed by atoms with E-state index in [4.69, 9.17) is 10.5 Å². The Labute approximate surface area is 131 Å². The van der Waals surface area contributed by atoms with Crippen molar-refractivity contribution in [2.75, 3.05) is 13.2 Å². The molecule has 1 amide bonds. The molecule has 0 radical (unpaired) electrons. The van der Waals surface area contributed by atoms with Crippen LogP contribution >= 0.6 is 11.3 Å². The maximum absolute atomic E-state index is 12.6. The third-order valence-electron chi connectivity index (χ3n) is 3.87. The topological polar surface area (TPSA) is 55.6 Å². The van der Waals surface area contributed by atoms with Gasteiger partial charge in [-0.3, -0.25) is 4.79 Å². The van der Waals surface area contributed by atoms with Crippen molar-refractivity contribution in [1.29, 1.82) is 0 Å². The molecule has 4 nitrogen and oxygen atoms in total. The number of hydrogen-bond acceptors (Lipinski definition) is 4. The highest BCUT2D eigenvalue weighted by atomic mass is 32.1. The van der Waals surface area contributed by atoms with Crippen LogP contribution in [0, 0.1) is 0 Å². The first-order valence-electron chi connectivity index (χ1n) is 7.89. The zero-order valence-corrected chi connectivity index (χ0v) is 13.6. The predicted molar refractivity (Wildman–Crippen MR) is 86.2 cm³/mol. The molecule has 1 aliphatic heterocycles. The fourth-order valence-electron chi connectivity index (χ4n) is 2.64. The molecular weight excluding hydrogens is 284 g/mol. The van der Waals surface area contributed by atoms with E-state index in [1.807, 2.05) is 16.3 Å². The molecule has 0 aromatic carbocycles. The summed E-state index contributed by atoms with van der Waals surface area (Å²) < 4.78 is 5.68. The second-order valence-electron chi connectivity index (χ2n) is 5.68. The van der Waals surface area contributed by atoms with Gasteiger partial charge < -0.3 is 15.4 Å². The Hall–Kier alpha value is -0.910. The molecule has 1 fully saturated rings. The molecule has 1 aromatic rings. The monoisotopic (exact) mass is 310 g/mol. The summed E-state index contributed by atoms with van der Waals surface area (Å²) in [6, 6.07) is 3.70. The lowest BCUT2D eigenvalue weighted by molar-refractivity contribution is -0.135. The summed E-state index contributed by atoms with van der Waals surface area (Å²) >= 11 is 1.68. The second-order valence-corrected chi connectivity index (χ2v) is 6.71. The Bertz CT molecular complexity index is 416. The van der Waals surface area contributed by atoms with Gasteiger partial charge >= 0.3 is 0 Å². The van der Waals surface area contributed by atoms with Crippen molar-refractivity contribution in [3.8, 4) is 0 Å². The van der Waals surface area contributed by atoms with Gasteiger partial charge in [0, 0.05) is 18.0 Å². The van der Waals surface area contributed by atoms with Crippen molar-refractivity contribution in [1.82, 2.24) is 4.90 Å². The van der Waals surface area contributed by atoms with Crippen LogP contribution in [0.1, 0.15) is 43.9 Å². The van der Waals surface area contributed by atoms with Crippen LogP contribution in [0.15, 0.2) is 17.5 Å². The minimum Gasteiger partial charge on any atom is -0.376 e. The molecule has 2 N–H and O–H groups in total. The predicted octanol–water partition coefficient (Wildman–Crippen LogP) is 2.77. The number of ether oxygens (including phenoxy) is 1. The van der Waals surface area contributed by atoms with Crippen molar-refractivity contribution >= 4 is 17.2 Å². The molecule has 21 heavy (non-hydrogen) atoms. The van der Waals surface area contributed by atoms with Crippen LogP contribution in [0.4, 0.5) is 0 Å². The highest BCUT2D eigenvalue weighted by molar-refractivity contribution is 7.09. The first-order chi connectivity index (χ1) is 10.2. The first kappa shape index (κ1) is 16.5. The molecule has 1 saturated heterocycles. The number of hydrogen-bond donors (Lipinski definition) is 1. The lowest BCUT2D eigenvalue weighted by atomic mass is 10.1. The van der Waals surface area contributed by atoms with E-state index < -0.39 is 0 Å². The summed E-state index contributed by atoms with van der Waals surface area (Å²) in [6.45, 7) is 4.24. The second kappa shape index (κ2) is 8.51. The maximum Gasteiger partial charge on any atom is 0.239 e. The fourth-order valence-corrected chi connectivity index (χ4v) is 3.36. The molecule has 2 unspecified atom stereocenters. The number of nitrogens with two attached hydrogens (primary N) is 1. The normalized spacial score (nSPS) is 19.6. The maximum atomic E-state index is 12.6. The van der Waals surface area contributed by atoms with Gasteiger partial charge in [0.15, 0.2) is 0 Å². The van der Waals surface area contributed by atoms with E-state index in [9.17, 15) is 4.79 Å². The largest absolute Gasteiger partial charge is 0.376 e. The number of carbonyl (C=O) groups is 1. The molecule has 1 aliphatic rings. The summed E-state index contributed by atoms with van der Waals surface area (Å²) in [4.78, 5) is 15.7. The van der Waals surface area contributed by atoms with Gasteiger partial charge in [0.05, 0.1) is 18.7 Å². The van der Waals surface area contributed by atoms with Crippen LogP contribution in [-0.2, 0) is 16.1 Å². The van der Waals surface area contributed by atoms with Crippen molar-refractivity contribution in [2.24, 2.45) is 5.73 Å². The van der Waals surface area contributed by atoms with Crippen LogP contribution in [0.25, 0.3) is 0 Å². The smallest absolute Gasteiger partial charge is 0.239 e. The SMILES string of the molecule is CCCCC(N)C(=O)N(Cc1cccs1)CC1CCCO1. The van der Waals surface area contributed by atoms with Crippen LogP contribution in [0.5, 0.6) is 0 Å². The minimum absolute atomic E-state index is 0.0624. The first-order valence-corrected chi connectivity index (χ1v) is 8.77. The Morgan fingerprint density at radius 2 is 2.48 bits per heavy atom. The van der Waals surface area contributed by atoms with Crippen molar-refractivity contribution in [2.45, 2.75) is 57.7 Å². The number of amides is 1. The summed E-state index contributed by atoms with van der Waals surface area (Å²) in [5.41, 5.74) is 6.08. The van der Waals surface area contributed by atoms with Crippen molar-refractivity contribution < 1.29 is 9.53 Å². The van der Waals surface area contributed by atoms with Crippen LogP contribution < -0.4 is 5.73 Å². The molecule has 1 aromatic heterocycles. The number of nitrogens with zero attached hydrogens (tertiary/aromatic N) is 1. The average molecular weight is 310 g/mol. The minimum atomic E-state index is -0.383. The van der Waals surface area contributed by atoms with Gasteiger partial charge in [-0.15, -0.1) is 11.3 Å². The van der Waals surface area contributed by atoms with Gasteiger partial charge in [-0.05, 0) is 30.7 Å². The van der Waals surface area contributed by atoms with Gasteiger partial charge in [-0.1, -0.05) is 25.8 Å². The molecule has 0 saturated carbocycles. The Balaban J connectivity index is 1.97. The Kier molecular flexibility index (Phi) is 6.67. The fraction of sp³-hybridized carbons (Fsp3) is 0.688. The zero-order valence-electron chi connectivity index (χ0n) is 12.8. The Morgan fingerprint density at radius 3 is 3.10 bits per heavy atom. The quantitative estimate of drug-likeness (QED) is 0.803. The zero-order chi connectivity index (χ0) is 15.1. The van der Waals surface area contributed by atoms with Gasteiger partial charge in [-0.2, -0.15) is 0 Å². The van der Waals surface area contributed by atoms with E-state index in [0.29, 0.717) is 13.1 Å². The number of carbonyl (C=O) groups excluding carboxylic acids is 1. The van der Waals surface area contributed by atoms with E-state index in [-0.39, 0.29) is 18.1 Å². The van der Waals surface area contributed by atoms with Crippen molar-refractivity contribution in [3.63, 3.8) is 0 Å². The molecule has 2 heterocycles. The summed E-state index contributed by atoms with van der Waals surface area (Å²) in [7, 11) is 0. The lowest BCUT2D eigenvalue weighted by Crippen LogP contribution is -2.46. The van der Waals surface area contributed by atoms with Crippen LogP contribution in [0.3, 0.4) is 0 Å². The molecule has 118 valence electrons. The summed E-state index contributed by atoms with van der Waals surface area (Å²) in [5, 5.41) is 2.04. The van der Waals surface area contributed by atoms with Crippen LogP contribution in [-0.4, -0.2) is 36.1 Å². The van der Waals surface area contributed by atoms with E-state index in [1.165, 1.54) is 4.88 Å². The van der Waals surface area contributed by atoms with E-state index in [2.05, 4.69) is 13.0 Å². The highest BCUT2D eigenvalue weighted by Gasteiger charge is 2.26. The number of rotatable bonds is 8. The third-order valence-corrected chi connectivity index (χ3v) is 4.73. The lowest BCUT2D eigenvalue weighted by Gasteiger charge is -2.27. The molecule has 0 spiro atoms. The van der Waals surface area contributed by atoms with Gasteiger partial charge in [0.2, 0.25) is 5.91 Å². The number of unbranched alkanes of at least 4 members (excludes halogenated alkanes) is 1. The molecule has 0 bridgehead atoms. The Morgan fingerprint density at radius 1 is 1.62 bits per heavy atom. The third kappa shape index (κ3) is 5.09. The highest BCUT2D eigenvalue weighted by Crippen LogP contribution is 2.18. The molecule has 0 aliphatic carbocycles. The van der Waals surface area contributed by atoms with Gasteiger partial charge in [0.1, 0.15) is 0 Å². The molecule has 5 heteroatoms. The van der Waals surface area contributed by atoms with E-state index in [0.717, 1.165) is 38.7 Å². The summed E-state index contributed by atoms with van der Waals surface area (Å²) in [5.74, 6) is 0.0624. The molecular formula is C16H26N2O2S. The molecule has 2 atom stereocenters. The van der Waals surface area contributed by atoms with Gasteiger partial charge in [0.25, 0.3) is 0 Å². The van der Waals surface area contributed by atoms with E-state index in [1.54, 1.807) is 11.3 Å². The van der Waals surface area contributed by atoms with Gasteiger partial charge in [-0.25, -0.2) is 0 Å². The standard InChI is InChI=1S/C16H26N2O2S/c1-2-3-8-15(17)16(19)18(11-13-6-4-9-20-13)12-14-7-5-10-21-14/h5,7,10,13,15H,2-4,6,8-9,11-12,17H2,1H3. The summed E-state index contributed by atoms with van der Waals surface area (Å²) in [6.07, 6.45) is 5.14. The number of thiophene rings is 1. The van der Waals surface area contributed by atoms with Crippen molar-refractivity contribution in [3.05, 3.63) is 22.4 Å². The average Bonchev–Trinajstić information content (AvgIpc) is 3.16.